The number of carbonyl (C=O) groups excluding carboxylic acids is 2. The van der Waals surface area contributed by atoms with Crippen LogP contribution in [0.15, 0.2) is 24.3 Å². The minimum atomic E-state index is -0.344. The molecule has 0 aliphatic rings. The molecule has 0 bridgehead atoms. The molecule has 1 heterocycles. The lowest BCUT2D eigenvalue weighted by molar-refractivity contribution is 0.0950. The normalized spacial score (nSPS) is 10.7. The Labute approximate surface area is 150 Å². The topological polar surface area (TPSA) is 96.5 Å². The third kappa shape index (κ3) is 5.89. The SMILES string of the molecule is COCc1nnc(C(=O)Nc2ccc(C(=O)NCCN(C)C)cc2)s1. The maximum atomic E-state index is 12.1. The summed E-state index contributed by atoms with van der Waals surface area (Å²) < 4.78 is 4.95. The number of ether oxygens (including phenoxy) is 1. The van der Waals surface area contributed by atoms with E-state index in [-0.39, 0.29) is 16.8 Å². The highest BCUT2D eigenvalue weighted by molar-refractivity contribution is 7.13. The highest BCUT2D eigenvalue weighted by Crippen LogP contribution is 2.14. The van der Waals surface area contributed by atoms with E-state index >= 15 is 0 Å². The van der Waals surface area contributed by atoms with Crippen molar-refractivity contribution in [2.45, 2.75) is 6.61 Å². The second-order valence-electron chi connectivity index (χ2n) is 5.52. The summed E-state index contributed by atoms with van der Waals surface area (Å²) in [4.78, 5) is 26.1. The molecule has 0 aliphatic carbocycles. The molecule has 8 nitrogen and oxygen atoms in total. The molecule has 0 unspecified atom stereocenters. The predicted octanol–water partition coefficient (Wildman–Crippen LogP) is 1.23. The molecule has 1 aromatic heterocycles. The molecule has 1 aromatic carbocycles. The van der Waals surface area contributed by atoms with Gasteiger partial charge in [-0.15, -0.1) is 10.2 Å². The van der Waals surface area contributed by atoms with Crippen LogP contribution in [0.1, 0.15) is 25.2 Å². The van der Waals surface area contributed by atoms with Crippen LogP contribution in [-0.4, -0.2) is 61.2 Å². The third-order valence-electron chi connectivity index (χ3n) is 3.18. The summed E-state index contributed by atoms with van der Waals surface area (Å²) in [5, 5.41) is 14.2. The first-order valence-electron chi connectivity index (χ1n) is 7.65. The van der Waals surface area contributed by atoms with Crippen molar-refractivity contribution in [2.75, 3.05) is 39.6 Å². The molecule has 0 saturated carbocycles. The van der Waals surface area contributed by atoms with E-state index in [1.807, 2.05) is 19.0 Å². The minimum absolute atomic E-state index is 0.145. The van der Waals surface area contributed by atoms with Crippen LogP contribution in [-0.2, 0) is 11.3 Å². The van der Waals surface area contributed by atoms with E-state index in [1.165, 1.54) is 11.3 Å². The molecular weight excluding hydrogens is 342 g/mol. The quantitative estimate of drug-likeness (QED) is 0.732. The summed E-state index contributed by atoms with van der Waals surface area (Å²) in [5.74, 6) is -0.490. The standard InChI is InChI=1S/C16H21N5O3S/c1-21(2)9-8-17-14(22)11-4-6-12(7-5-11)18-15(23)16-20-19-13(25-16)10-24-3/h4-7H,8-10H2,1-3H3,(H,17,22)(H,18,23). The van der Waals surface area contributed by atoms with Gasteiger partial charge in [0.2, 0.25) is 5.01 Å². The summed E-state index contributed by atoms with van der Waals surface area (Å²) in [6.45, 7) is 1.67. The number of rotatable bonds is 8. The van der Waals surface area contributed by atoms with Crippen LogP contribution in [0.25, 0.3) is 0 Å². The Kier molecular flexibility index (Phi) is 6.99. The van der Waals surface area contributed by atoms with Crippen molar-refractivity contribution in [3.05, 3.63) is 39.8 Å². The number of benzene rings is 1. The van der Waals surface area contributed by atoms with Crippen LogP contribution in [0.4, 0.5) is 5.69 Å². The first kappa shape index (κ1) is 19.0. The maximum absolute atomic E-state index is 12.1. The van der Waals surface area contributed by atoms with Crippen molar-refractivity contribution >= 4 is 28.8 Å². The van der Waals surface area contributed by atoms with Gasteiger partial charge in [0.05, 0.1) is 6.61 Å². The average Bonchev–Trinajstić information content (AvgIpc) is 3.04. The first-order valence-corrected chi connectivity index (χ1v) is 8.47. The van der Waals surface area contributed by atoms with Crippen LogP contribution < -0.4 is 10.6 Å². The van der Waals surface area contributed by atoms with Crippen molar-refractivity contribution in [2.24, 2.45) is 0 Å². The second-order valence-corrected chi connectivity index (χ2v) is 6.59. The van der Waals surface area contributed by atoms with Gasteiger partial charge < -0.3 is 20.3 Å². The Morgan fingerprint density at radius 3 is 2.52 bits per heavy atom. The number of amides is 2. The van der Waals surface area contributed by atoms with Gasteiger partial charge in [0.1, 0.15) is 5.01 Å². The zero-order valence-electron chi connectivity index (χ0n) is 14.4. The molecule has 0 saturated heterocycles. The van der Waals surface area contributed by atoms with Crippen LogP contribution in [0, 0.1) is 0 Å². The molecule has 0 radical (unpaired) electrons. The number of anilines is 1. The van der Waals surface area contributed by atoms with E-state index in [0.29, 0.717) is 29.4 Å². The van der Waals surface area contributed by atoms with Gasteiger partial charge in [-0.25, -0.2) is 0 Å². The summed E-state index contributed by atoms with van der Waals surface area (Å²) in [5.41, 5.74) is 1.12. The van der Waals surface area contributed by atoms with E-state index < -0.39 is 0 Å². The molecular formula is C16H21N5O3S. The highest BCUT2D eigenvalue weighted by atomic mass is 32.1. The molecule has 25 heavy (non-hydrogen) atoms. The molecule has 0 spiro atoms. The van der Waals surface area contributed by atoms with E-state index in [1.54, 1.807) is 31.4 Å². The van der Waals surface area contributed by atoms with Gasteiger partial charge in [0.15, 0.2) is 0 Å². The molecule has 134 valence electrons. The van der Waals surface area contributed by atoms with E-state index in [4.69, 9.17) is 4.74 Å². The fraction of sp³-hybridized carbons (Fsp3) is 0.375. The zero-order valence-corrected chi connectivity index (χ0v) is 15.2. The first-order chi connectivity index (χ1) is 12.0. The molecule has 9 heteroatoms. The predicted molar refractivity (Wildman–Crippen MR) is 95.9 cm³/mol. The van der Waals surface area contributed by atoms with Gasteiger partial charge in [-0.2, -0.15) is 0 Å². The molecule has 2 N–H and O–H groups in total. The largest absolute Gasteiger partial charge is 0.377 e. The Balaban J connectivity index is 1.90. The van der Waals surface area contributed by atoms with Crippen LogP contribution in [0.3, 0.4) is 0 Å². The number of nitrogens with zero attached hydrogens (tertiary/aromatic N) is 3. The van der Waals surface area contributed by atoms with Crippen LogP contribution in [0.2, 0.25) is 0 Å². The number of hydrogen-bond donors (Lipinski definition) is 2. The summed E-state index contributed by atoms with van der Waals surface area (Å²) >= 11 is 1.18. The van der Waals surface area contributed by atoms with Gasteiger partial charge in [-0.3, -0.25) is 9.59 Å². The number of carbonyl (C=O) groups is 2. The Bertz CT molecular complexity index is 715. The smallest absolute Gasteiger partial charge is 0.286 e. The summed E-state index contributed by atoms with van der Waals surface area (Å²) in [6.07, 6.45) is 0. The maximum Gasteiger partial charge on any atom is 0.286 e. The highest BCUT2D eigenvalue weighted by Gasteiger charge is 2.13. The van der Waals surface area contributed by atoms with Gasteiger partial charge in [-0.1, -0.05) is 11.3 Å². The lowest BCUT2D eigenvalue weighted by atomic mass is 10.2. The fourth-order valence-electron chi connectivity index (χ4n) is 1.91. The minimum Gasteiger partial charge on any atom is -0.377 e. The zero-order chi connectivity index (χ0) is 18.2. The van der Waals surface area contributed by atoms with E-state index in [2.05, 4.69) is 20.8 Å². The Hall–Kier alpha value is -2.36. The van der Waals surface area contributed by atoms with Gasteiger partial charge in [0, 0.05) is 31.5 Å². The lowest BCUT2D eigenvalue weighted by Gasteiger charge is -2.10. The Morgan fingerprint density at radius 1 is 1.16 bits per heavy atom. The summed E-state index contributed by atoms with van der Waals surface area (Å²) in [6, 6.07) is 6.68. The third-order valence-corrected chi connectivity index (χ3v) is 4.07. The second kappa shape index (κ2) is 9.21. The molecule has 2 rings (SSSR count). The summed E-state index contributed by atoms with van der Waals surface area (Å²) in [7, 11) is 5.44. The van der Waals surface area contributed by atoms with Crippen molar-refractivity contribution < 1.29 is 14.3 Å². The van der Waals surface area contributed by atoms with Crippen LogP contribution in [0.5, 0.6) is 0 Å². The molecule has 0 atom stereocenters. The van der Waals surface area contributed by atoms with Crippen molar-refractivity contribution in [3.8, 4) is 0 Å². The number of hydrogen-bond acceptors (Lipinski definition) is 7. The van der Waals surface area contributed by atoms with E-state index in [0.717, 1.165) is 6.54 Å². The molecule has 2 amide bonds. The fourth-order valence-corrected chi connectivity index (χ4v) is 2.62. The average molecular weight is 363 g/mol. The number of aromatic nitrogens is 2. The van der Waals surface area contributed by atoms with Crippen molar-refractivity contribution in [1.82, 2.24) is 20.4 Å². The monoisotopic (exact) mass is 363 g/mol. The Morgan fingerprint density at radius 2 is 1.88 bits per heavy atom. The van der Waals surface area contributed by atoms with Gasteiger partial charge in [-0.05, 0) is 38.4 Å². The van der Waals surface area contributed by atoms with Crippen LogP contribution >= 0.6 is 11.3 Å². The molecule has 2 aromatic rings. The van der Waals surface area contributed by atoms with Gasteiger partial charge >= 0.3 is 0 Å². The molecule has 0 fully saturated rings. The van der Waals surface area contributed by atoms with E-state index in [9.17, 15) is 9.59 Å². The number of likely N-dealkylation sites (N-methyl/N-ethyl adjacent to an activating group) is 1. The number of methoxy groups -OCH3 is 1. The van der Waals surface area contributed by atoms with Gasteiger partial charge in [0.25, 0.3) is 11.8 Å². The number of nitrogens with one attached hydrogen (secondary N) is 2. The van der Waals surface area contributed by atoms with Crippen molar-refractivity contribution in [3.63, 3.8) is 0 Å². The van der Waals surface area contributed by atoms with Crippen molar-refractivity contribution in [1.29, 1.82) is 0 Å². The lowest BCUT2D eigenvalue weighted by Crippen LogP contribution is -2.31. The molecule has 0 aliphatic heterocycles.